The van der Waals surface area contributed by atoms with Crippen LogP contribution in [0.2, 0.25) is 0 Å². The van der Waals surface area contributed by atoms with E-state index < -0.39 is 0 Å². The highest BCUT2D eigenvalue weighted by Crippen LogP contribution is 2.27. The van der Waals surface area contributed by atoms with Crippen molar-refractivity contribution in [3.8, 4) is 0 Å². The molecule has 0 fully saturated rings. The maximum Gasteiger partial charge on any atom is 0.265 e. The van der Waals surface area contributed by atoms with Crippen molar-refractivity contribution in [2.24, 2.45) is 0 Å². The second-order valence-electron chi connectivity index (χ2n) is 3.77. The van der Waals surface area contributed by atoms with Gasteiger partial charge in [-0.15, -0.1) is 0 Å². The average Bonchev–Trinajstić information content (AvgIpc) is 2.76. The summed E-state index contributed by atoms with van der Waals surface area (Å²) in [7, 11) is 0. The zero-order chi connectivity index (χ0) is 13.4. The zero-order valence-electron chi connectivity index (χ0n) is 9.48. The molecule has 1 aromatic carbocycles. The molecule has 0 aliphatic carbocycles. The van der Waals surface area contributed by atoms with Crippen molar-refractivity contribution in [3.63, 3.8) is 0 Å². The van der Waals surface area contributed by atoms with Crippen LogP contribution in [0.25, 0.3) is 11.0 Å². The van der Waals surface area contributed by atoms with E-state index in [9.17, 15) is 4.79 Å². The van der Waals surface area contributed by atoms with Gasteiger partial charge in [0.1, 0.15) is 8.60 Å². The first kappa shape index (κ1) is 12.5. The predicted octanol–water partition coefficient (Wildman–Crippen LogP) is 1.98. The van der Waals surface area contributed by atoms with E-state index in [1.54, 1.807) is 6.07 Å². The monoisotopic (exact) mass is 385 g/mol. The number of H-pyrrole nitrogens is 2. The third-order valence-electron chi connectivity index (χ3n) is 2.44. The minimum atomic E-state index is -0.154. The van der Waals surface area contributed by atoms with Crippen LogP contribution >= 0.6 is 34.4 Å². The van der Waals surface area contributed by atoms with Crippen LogP contribution in [0.1, 0.15) is 0 Å². The van der Waals surface area contributed by atoms with Crippen LogP contribution in [0, 0.1) is 3.57 Å². The van der Waals surface area contributed by atoms with Crippen molar-refractivity contribution in [1.29, 1.82) is 0 Å². The van der Waals surface area contributed by atoms with E-state index in [1.807, 2.05) is 34.7 Å². The summed E-state index contributed by atoms with van der Waals surface area (Å²) in [6.45, 7) is 0. The number of anilines is 1. The Hall–Kier alpha value is -1.55. The normalized spacial score (nSPS) is 11.0. The summed E-state index contributed by atoms with van der Waals surface area (Å²) < 4.78 is 0.546. The van der Waals surface area contributed by atoms with E-state index in [4.69, 9.17) is 5.73 Å². The molecule has 19 heavy (non-hydrogen) atoms. The van der Waals surface area contributed by atoms with E-state index in [0.29, 0.717) is 19.4 Å². The number of imidazole rings is 1. The first-order valence-electron chi connectivity index (χ1n) is 5.30. The van der Waals surface area contributed by atoms with Crippen LogP contribution in [0.3, 0.4) is 0 Å². The first-order valence-corrected chi connectivity index (χ1v) is 7.19. The maximum absolute atomic E-state index is 11.5. The van der Waals surface area contributed by atoms with Gasteiger partial charge in [-0.3, -0.25) is 4.79 Å². The van der Waals surface area contributed by atoms with E-state index >= 15 is 0 Å². The minimum absolute atomic E-state index is 0.154. The van der Waals surface area contributed by atoms with Gasteiger partial charge in [0.15, 0.2) is 5.16 Å². The number of hydrogen-bond donors (Lipinski definition) is 3. The molecule has 0 saturated heterocycles. The molecule has 0 aliphatic rings. The molecule has 0 atom stereocenters. The second-order valence-corrected chi connectivity index (χ2v) is 5.83. The largest absolute Gasteiger partial charge is 0.399 e. The highest BCUT2D eigenvalue weighted by molar-refractivity contribution is 14.1. The Bertz CT molecular complexity index is 812. The summed E-state index contributed by atoms with van der Waals surface area (Å²) in [5, 5.41) is 1.30. The van der Waals surface area contributed by atoms with Gasteiger partial charge in [0.05, 0.1) is 17.4 Å². The van der Waals surface area contributed by atoms with Crippen molar-refractivity contribution < 1.29 is 0 Å². The van der Waals surface area contributed by atoms with Gasteiger partial charge in [-0.2, -0.15) is 0 Å². The first-order chi connectivity index (χ1) is 9.13. The number of nitrogens with zero attached hydrogens (tertiary/aromatic N) is 2. The highest BCUT2D eigenvalue weighted by Gasteiger charge is 2.10. The second kappa shape index (κ2) is 4.85. The topological polar surface area (TPSA) is 100 Å². The lowest BCUT2D eigenvalue weighted by Crippen LogP contribution is -2.11. The summed E-state index contributed by atoms with van der Waals surface area (Å²) >= 11 is 3.28. The molecule has 0 unspecified atom stereocenters. The number of hydrogen-bond acceptors (Lipinski definition) is 5. The summed E-state index contributed by atoms with van der Waals surface area (Å²) in [6.07, 6.45) is 1.38. The standard InChI is InChI=1S/C11H8IN5OS/c12-8-9(18)14-4-15-10(8)19-11-16-6-2-1-5(13)3-7(6)17-11/h1-4H,13H2,(H,16,17)(H,14,15,18). The Morgan fingerprint density at radius 2 is 2.21 bits per heavy atom. The summed E-state index contributed by atoms with van der Waals surface area (Å²) in [5.74, 6) is 0. The molecule has 4 N–H and O–H groups in total. The molecule has 2 aromatic heterocycles. The molecule has 6 nitrogen and oxygen atoms in total. The molecule has 0 saturated carbocycles. The fraction of sp³-hybridized carbons (Fsp3) is 0. The Balaban J connectivity index is 2.01. The lowest BCUT2D eigenvalue weighted by molar-refractivity contribution is 0.976. The molecule has 0 bridgehead atoms. The molecule has 0 radical (unpaired) electrons. The smallest absolute Gasteiger partial charge is 0.265 e. The van der Waals surface area contributed by atoms with Crippen molar-refractivity contribution in [3.05, 3.63) is 38.5 Å². The Kier molecular flexibility index (Phi) is 3.19. The summed E-state index contributed by atoms with van der Waals surface area (Å²) in [5.41, 5.74) is 7.93. The molecule has 2 heterocycles. The maximum atomic E-state index is 11.5. The number of nitrogens with two attached hydrogens (primary N) is 1. The summed E-state index contributed by atoms with van der Waals surface area (Å²) in [6, 6.07) is 5.47. The van der Waals surface area contributed by atoms with Gasteiger partial charge in [-0.25, -0.2) is 9.97 Å². The molecule has 0 amide bonds. The predicted molar refractivity (Wildman–Crippen MR) is 82.2 cm³/mol. The quantitative estimate of drug-likeness (QED) is 0.356. The summed E-state index contributed by atoms with van der Waals surface area (Å²) in [4.78, 5) is 25.7. The molecule has 8 heteroatoms. The van der Waals surface area contributed by atoms with Gasteiger partial charge in [0.25, 0.3) is 5.56 Å². The number of fused-ring (bicyclic) bond motifs is 1. The molecule has 0 spiro atoms. The SMILES string of the molecule is Nc1ccc2nc(Sc3nc[nH]c(=O)c3I)[nH]c2c1. The number of nitrogens with one attached hydrogen (secondary N) is 2. The number of halogens is 1. The van der Waals surface area contributed by atoms with Crippen LogP contribution in [-0.4, -0.2) is 19.9 Å². The third kappa shape index (κ3) is 2.45. The average molecular weight is 385 g/mol. The van der Waals surface area contributed by atoms with Crippen LogP contribution < -0.4 is 11.3 Å². The fourth-order valence-electron chi connectivity index (χ4n) is 1.58. The van der Waals surface area contributed by atoms with Gasteiger partial charge >= 0.3 is 0 Å². The van der Waals surface area contributed by atoms with Gasteiger partial charge in [-0.05, 0) is 52.6 Å². The molecule has 3 rings (SSSR count). The van der Waals surface area contributed by atoms with Crippen molar-refractivity contribution in [2.45, 2.75) is 10.2 Å². The zero-order valence-corrected chi connectivity index (χ0v) is 12.4. The van der Waals surface area contributed by atoms with Gasteiger partial charge in [0.2, 0.25) is 0 Å². The van der Waals surface area contributed by atoms with Gasteiger partial charge in [-0.1, -0.05) is 0 Å². The van der Waals surface area contributed by atoms with Crippen molar-refractivity contribution in [1.82, 2.24) is 19.9 Å². The lowest BCUT2D eigenvalue weighted by atomic mass is 10.3. The van der Waals surface area contributed by atoms with E-state index in [0.717, 1.165) is 11.0 Å². The molecule has 0 aliphatic heterocycles. The van der Waals surface area contributed by atoms with Crippen LogP contribution in [0.4, 0.5) is 5.69 Å². The van der Waals surface area contributed by atoms with Crippen molar-refractivity contribution in [2.75, 3.05) is 5.73 Å². The van der Waals surface area contributed by atoms with E-state index in [1.165, 1.54) is 18.1 Å². The Morgan fingerprint density at radius 3 is 3.05 bits per heavy atom. The number of aromatic nitrogens is 4. The number of nitrogen functional groups attached to an aromatic ring is 1. The van der Waals surface area contributed by atoms with Gasteiger partial charge < -0.3 is 15.7 Å². The minimum Gasteiger partial charge on any atom is -0.399 e. The van der Waals surface area contributed by atoms with Crippen molar-refractivity contribution >= 4 is 51.1 Å². The molecule has 96 valence electrons. The molecular formula is C11H8IN5OS. The number of benzene rings is 1. The Morgan fingerprint density at radius 1 is 1.37 bits per heavy atom. The fourth-order valence-corrected chi connectivity index (χ4v) is 2.98. The van der Waals surface area contributed by atoms with Crippen LogP contribution in [0.15, 0.2) is 39.5 Å². The number of aromatic amines is 2. The van der Waals surface area contributed by atoms with Crippen LogP contribution in [0.5, 0.6) is 0 Å². The van der Waals surface area contributed by atoms with E-state index in [2.05, 4.69) is 19.9 Å². The lowest BCUT2D eigenvalue weighted by Gasteiger charge is -1.98. The van der Waals surface area contributed by atoms with E-state index in [-0.39, 0.29) is 5.56 Å². The van der Waals surface area contributed by atoms with Gasteiger partial charge in [0, 0.05) is 5.69 Å². The molecular weight excluding hydrogens is 377 g/mol. The third-order valence-corrected chi connectivity index (χ3v) is 4.70. The number of rotatable bonds is 2. The highest BCUT2D eigenvalue weighted by atomic mass is 127. The Labute approximate surface area is 125 Å². The van der Waals surface area contributed by atoms with Crippen LogP contribution in [-0.2, 0) is 0 Å². The molecule has 3 aromatic rings.